The first-order valence-electron chi connectivity index (χ1n) is 18.9. The summed E-state index contributed by atoms with van der Waals surface area (Å²) in [6, 6.07) is 0. The molecule has 6 aliphatic rings. The molecule has 2 aliphatic carbocycles. The third-order valence-electron chi connectivity index (χ3n) is 12.2. The molecule has 21 nitrogen and oxygen atoms in total. The highest BCUT2D eigenvalue weighted by atomic mass is 16.7. The van der Waals surface area contributed by atoms with Gasteiger partial charge >= 0.3 is 0 Å². The number of H-pyrrole nitrogens is 2. The minimum Gasteiger partial charge on any atom is -0.393 e. The molecule has 2 amide bonds. The fourth-order valence-corrected chi connectivity index (χ4v) is 8.76. The number of amides is 2. The summed E-state index contributed by atoms with van der Waals surface area (Å²) < 4.78 is 27.8. The zero-order valence-corrected chi connectivity index (χ0v) is 31.3. The van der Waals surface area contributed by atoms with Crippen LogP contribution in [0.2, 0.25) is 0 Å². The van der Waals surface area contributed by atoms with Gasteiger partial charge in [-0.3, -0.25) is 48.9 Å². The maximum absolute atomic E-state index is 12.4. The number of carbonyl (C=O) groups excluding carboxylic acids is 2. The highest BCUT2D eigenvalue weighted by molar-refractivity contribution is 5.91. The number of nitrogens with zero attached hydrogens (tertiary/aromatic N) is 6. The quantitative estimate of drug-likeness (QED) is 0.123. The molecular weight excluding hydrogens is 736 g/mol. The number of aromatic amines is 2. The summed E-state index contributed by atoms with van der Waals surface area (Å²) >= 11 is 0. The minimum atomic E-state index is -1.20. The molecular formula is C35H44N10O11. The monoisotopic (exact) mass is 780 g/mol. The molecule has 8 atom stereocenters. The van der Waals surface area contributed by atoms with E-state index in [9.17, 15) is 34.5 Å². The highest BCUT2D eigenvalue weighted by Crippen LogP contribution is 2.66. The first-order chi connectivity index (χ1) is 26.6. The van der Waals surface area contributed by atoms with Crippen LogP contribution in [-0.4, -0.2) is 120 Å². The van der Waals surface area contributed by atoms with Crippen molar-refractivity contribution in [3.63, 3.8) is 0 Å². The van der Waals surface area contributed by atoms with E-state index in [1.807, 2.05) is 6.92 Å². The zero-order valence-electron chi connectivity index (χ0n) is 31.3. The smallest absolute Gasteiger partial charge is 0.280 e. The number of aliphatic hydroxyl groups is 3. The molecule has 4 aromatic rings. The Labute approximate surface area is 317 Å². The highest BCUT2D eigenvalue weighted by Gasteiger charge is 2.79. The maximum atomic E-state index is 12.4. The van der Waals surface area contributed by atoms with Crippen molar-refractivity contribution < 1.29 is 43.9 Å². The molecule has 300 valence electrons. The summed E-state index contributed by atoms with van der Waals surface area (Å²) in [4.78, 5) is 70.6. The lowest BCUT2D eigenvalue weighted by Crippen LogP contribution is -2.52. The second-order valence-corrected chi connectivity index (χ2v) is 16.1. The van der Waals surface area contributed by atoms with E-state index in [2.05, 4.69) is 40.5 Å². The molecule has 4 bridgehead atoms. The number of hydrogen-bond donors (Lipinski definition) is 7. The molecule has 4 aromatic heterocycles. The van der Waals surface area contributed by atoms with E-state index in [1.165, 1.54) is 17.2 Å². The van der Waals surface area contributed by atoms with E-state index < -0.39 is 70.4 Å². The van der Waals surface area contributed by atoms with Crippen LogP contribution in [0.5, 0.6) is 0 Å². The van der Waals surface area contributed by atoms with E-state index in [0.29, 0.717) is 19.3 Å². The Bertz CT molecular complexity index is 2220. The normalized spacial score (nSPS) is 32.5. The molecule has 6 fully saturated rings. The molecule has 8 heterocycles. The van der Waals surface area contributed by atoms with Crippen LogP contribution in [0.15, 0.2) is 22.2 Å². The van der Waals surface area contributed by atoms with Gasteiger partial charge in [-0.05, 0) is 32.1 Å². The Morgan fingerprint density at radius 3 is 1.57 bits per heavy atom. The van der Waals surface area contributed by atoms with Crippen molar-refractivity contribution in [3.8, 4) is 0 Å². The van der Waals surface area contributed by atoms with Crippen LogP contribution < -0.4 is 21.8 Å². The van der Waals surface area contributed by atoms with Crippen molar-refractivity contribution in [3.05, 3.63) is 33.4 Å². The predicted molar refractivity (Wildman–Crippen MR) is 192 cm³/mol. The number of aromatic nitrogens is 8. The van der Waals surface area contributed by atoms with E-state index in [0.717, 1.165) is 12.8 Å². The van der Waals surface area contributed by atoms with E-state index in [4.69, 9.17) is 18.9 Å². The standard InChI is InChI=1S/C18H23N5O5.C17H21N5O6/c1-4-18-11(24)10(27-17(18)5-6-17)15(28-18)23-7-19-9-12(23)20-16(22-14(9)26)21-13(25)8(2)3;1-7(2)12(25)20-15-19-11-8(13(26)21-15)18-6-22(11)14-9-10(24)17(5-23,28-14)16(27-9)3-4-16/h7-8,10-11,15,24H,4-6H2,1-3H3,(H2,20,21,22,25,26);6-7,9-10,14,23-24H,3-5H2,1-2H3,(H2,19,20,21,25,26)/t10-,11?,15+,18+;9-,10?,14+,17+/m00/s1. The molecule has 4 aliphatic heterocycles. The number of anilines is 2. The molecule has 56 heavy (non-hydrogen) atoms. The largest absolute Gasteiger partial charge is 0.393 e. The molecule has 2 unspecified atom stereocenters. The van der Waals surface area contributed by atoms with Crippen molar-refractivity contribution in [2.24, 2.45) is 11.8 Å². The van der Waals surface area contributed by atoms with Crippen LogP contribution in [0, 0.1) is 11.8 Å². The van der Waals surface area contributed by atoms with Crippen LogP contribution in [0.4, 0.5) is 11.9 Å². The van der Waals surface area contributed by atoms with Gasteiger partial charge in [-0.25, -0.2) is 9.97 Å². The number of rotatable bonds is 8. The van der Waals surface area contributed by atoms with Crippen molar-refractivity contribution in [1.82, 2.24) is 39.0 Å². The number of fused-ring (bicyclic) bond motifs is 8. The van der Waals surface area contributed by atoms with Crippen LogP contribution in [0.1, 0.15) is 79.2 Å². The number of aliphatic hydroxyl groups excluding tert-OH is 3. The summed E-state index contributed by atoms with van der Waals surface area (Å²) in [7, 11) is 0. The van der Waals surface area contributed by atoms with Crippen molar-refractivity contribution in [2.75, 3.05) is 17.2 Å². The summed E-state index contributed by atoms with van der Waals surface area (Å²) in [6.45, 7) is 8.54. The zero-order chi connectivity index (χ0) is 39.7. The van der Waals surface area contributed by atoms with Crippen LogP contribution >= 0.6 is 0 Å². The van der Waals surface area contributed by atoms with Gasteiger partial charge in [-0.1, -0.05) is 34.6 Å². The second-order valence-electron chi connectivity index (χ2n) is 16.1. The lowest BCUT2D eigenvalue weighted by atomic mass is 9.88. The van der Waals surface area contributed by atoms with Gasteiger partial charge in [0.2, 0.25) is 23.7 Å². The Hall–Kier alpha value is -4.64. The SMILES string of the molecule is CC(C)C(=O)Nc1nc2c(ncn2[C@@H]2O[C@]3(CO)C(O)[C@@H]2OC32CC2)c(=O)[nH]1.CC[C@]12O[C@@H](n3cnc4c(=O)[nH]c(NC(=O)C(C)C)nc43)[C@@H](OC13CC3)C2O. The third kappa shape index (κ3) is 5.04. The molecule has 10 rings (SSSR count). The van der Waals surface area contributed by atoms with E-state index in [1.54, 1.807) is 32.3 Å². The number of imidazole rings is 2. The number of carbonyl (C=O) groups is 2. The number of ether oxygens (including phenoxy) is 4. The van der Waals surface area contributed by atoms with Gasteiger partial charge in [0, 0.05) is 11.8 Å². The van der Waals surface area contributed by atoms with Gasteiger partial charge in [0.1, 0.15) is 41.2 Å². The number of nitrogens with one attached hydrogen (secondary N) is 4. The third-order valence-corrected chi connectivity index (χ3v) is 12.2. The van der Waals surface area contributed by atoms with Crippen LogP contribution in [0.25, 0.3) is 22.3 Å². The molecule has 4 saturated heterocycles. The average molecular weight is 781 g/mol. The van der Waals surface area contributed by atoms with Crippen molar-refractivity contribution in [2.45, 2.75) is 126 Å². The van der Waals surface area contributed by atoms with Crippen LogP contribution in [-0.2, 0) is 28.5 Å². The molecule has 0 aromatic carbocycles. The summed E-state index contributed by atoms with van der Waals surface area (Å²) in [5, 5.41) is 36.7. The lowest BCUT2D eigenvalue weighted by Gasteiger charge is -2.37. The van der Waals surface area contributed by atoms with Gasteiger partial charge in [0.25, 0.3) is 11.1 Å². The fraction of sp³-hybridized carbons (Fsp3) is 0.657. The average Bonchev–Trinajstić information content (AvgIpc) is 3.84. The predicted octanol–water partition coefficient (Wildman–Crippen LogP) is -0.0497. The van der Waals surface area contributed by atoms with Gasteiger partial charge in [-0.2, -0.15) is 9.97 Å². The molecule has 2 spiro atoms. The Kier molecular flexibility index (Phi) is 8.20. The van der Waals surface area contributed by atoms with Gasteiger partial charge in [-0.15, -0.1) is 0 Å². The summed E-state index contributed by atoms with van der Waals surface area (Å²) in [5.41, 5.74) is -3.32. The molecule has 7 N–H and O–H groups in total. The molecule has 21 heteroatoms. The first-order valence-corrected chi connectivity index (χ1v) is 18.9. The van der Waals surface area contributed by atoms with Crippen molar-refractivity contribution >= 4 is 46.0 Å². The molecule has 2 saturated carbocycles. The van der Waals surface area contributed by atoms with Crippen LogP contribution in [0.3, 0.4) is 0 Å². The lowest BCUT2D eigenvalue weighted by molar-refractivity contribution is -0.233. The summed E-state index contributed by atoms with van der Waals surface area (Å²) in [5.74, 6) is -1.06. The summed E-state index contributed by atoms with van der Waals surface area (Å²) in [6.07, 6.45) is 2.13. The topological polar surface area (TPSA) is 283 Å². The van der Waals surface area contributed by atoms with Gasteiger partial charge in [0.05, 0.1) is 19.3 Å². The van der Waals surface area contributed by atoms with Gasteiger partial charge < -0.3 is 34.3 Å². The Morgan fingerprint density at radius 1 is 0.768 bits per heavy atom. The van der Waals surface area contributed by atoms with E-state index >= 15 is 0 Å². The second kappa shape index (κ2) is 12.4. The Morgan fingerprint density at radius 2 is 1.18 bits per heavy atom. The van der Waals surface area contributed by atoms with Crippen molar-refractivity contribution in [1.29, 1.82) is 0 Å². The maximum Gasteiger partial charge on any atom is 0.280 e. The fourth-order valence-electron chi connectivity index (χ4n) is 8.76. The Balaban J connectivity index is 0.000000146. The van der Waals surface area contributed by atoms with E-state index in [-0.39, 0.29) is 64.5 Å². The minimum absolute atomic E-state index is 0.00175. The first kappa shape index (κ1) is 37.0. The number of hydrogen-bond acceptors (Lipinski definition) is 15. The van der Waals surface area contributed by atoms with Gasteiger partial charge in [0.15, 0.2) is 40.4 Å². The molecule has 0 radical (unpaired) electrons.